The van der Waals surface area contributed by atoms with Gasteiger partial charge in [-0.1, -0.05) is 143 Å². The zero-order chi connectivity index (χ0) is 43.5. The highest BCUT2D eigenvalue weighted by atomic mass is 15.3. The molecule has 2 unspecified atom stereocenters. The fourth-order valence-electron chi connectivity index (χ4n) is 12.4. The predicted molar refractivity (Wildman–Crippen MR) is 267 cm³/mol. The second-order valence-corrected chi connectivity index (χ2v) is 23.3. The number of anilines is 8. The predicted octanol–water partition coefficient (Wildman–Crippen LogP) is 13.7. The molecule has 11 rings (SSSR count). The Balaban J connectivity index is 1.28. The summed E-state index contributed by atoms with van der Waals surface area (Å²) < 4.78 is 0. The van der Waals surface area contributed by atoms with Gasteiger partial charge in [-0.15, -0.1) is 0 Å². The van der Waals surface area contributed by atoms with Gasteiger partial charge in [-0.2, -0.15) is 0 Å². The Bertz CT molecular complexity index is 2820. The second-order valence-electron chi connectivity index (χ2n) is 23.3. The molecule has 0 N–H and O–H groups in total. The summed E-state index contributed by atoms with van der Waals surface area (Å²) in [5.74, 6) is 0. The number of hydrogen-bond donors (Lipinski definition) is 0. The van der Waals surface area contributed by atoms with Gasteiger partial charge in [0.15, 0.2) is 0 Å². The number of nitrogens with zero attached hydrogens (tertiary/aromatic N) is 3. The Morgan fingerprint density at radius 3 is 1.60 bits per heavy atom. The van der Waals surface area contributed by atoms with Crippen LogP contribution in [-0.4, -0.2) is 12.3 Å². The van der Waals surface area contributed by atoms with Crippen molar-refractivity contribution >= 4 is 68.6 Å². The summed E-state index contributed by atoms with van der Waals surface area (Å²) in [7, 11) is 0. The zero-order valence-electron chi connectivity index (χ0n) is 39.3. The van der Waals surface area contributed by atoms with E-state index in [2.05, 4.69) is 219 Å². The maximum absolute atomic E-state index is 2.74. The van der Waals surface area contributed by atoms with Gasteiger partial charge >= 0.3 is 0 Å². The van der Waals surface area contributed by atoms with Crippen molar-refractivity contribution in [2.24, 2.45) is 0 Å². The van der Waals surface area contributed by atoms with Crippen LogP contribution in [0.15, 0.2) is 121 Å². The highest BCUT2D eigenvalue weighted by Crippen LogP contribution is 2.65. The van der Waals surface area contributed by atoms with Crippen molar-refractivity contribution in [2.75, 3.05) is 14.7 Å². The van der Waals surface area contributed by atoms with Crippen LogP contribution in [-0.2, 0) is 27.1 Å². The van der Waals surface area contributed by atoms with Crippen LogP contribution in [0.1, 0.15) is 137 Å². The molecule has 2 atom stereocenters. The smallest absolute Gasteiger partial charge is 0.252 e. The van der Waals surface area contributed by atoms with Gasteiger partial charge < -0.3 is 14.7 Å². The molecule has 0 saturated heterocycles. The molecule has 314 valence electrons. The molecule has 2 aliphatic carbocycles. The van der Waals surface area contributed by atoms with Crippen molar-refractivity contribution in [3.8, 4) is 0 Å². The molecule has 0 aromatic heterocycles. The molecule has 6 aromatic carbocycles. The lowest BCUT2D eigenvalue weighted by molar-refractivity contribution is 0.133. The van der Waals surface area contributed by atoms with Gasteiger partial charge in [0.25, 0.3) is 6.71 Å². The van der Waals surface area contributed by atoms with E-state index in [1.165, 1.54) is 109 Å². The van der Waals surface area contributed by atoms with Crippen LogP contribution in [0.2, 0.25) is 0 Å². The fourth-order valence-corrected chi connectivity index (χ4v) is 12.4. The highest BCUT2D eigenvalue weighted by molar-refractivity contribution is 7.00. The van der Waals surface area contributed by atoms with E-state index in [4.69, 9.17) is 0 Å². The molecule has 5 aliphatic rings. The Kier molecular flexibility index (Phi) is 8.12. The van der Waals surface area contributed by atoms with Gasteiger partial charge in [0.05, 0.1) is 5.54 Å². The third-order valence-corrected chi connectivity index (χ3v) is 16.7. The summed E-state index contributed by atoms with van der Waals surface area (Å²) in [5, 5.41) is 0. The van der Waals surface area contributed by atoms with Crippen molar-refractivity contribution in [2.45, 2.75) is 141 Å². The molecule has 1 fully saturated rings. The molecule has 0 radical (unpaired) electrons. The van der Waals surface area contributed by atoms with E-state index in [9.17, 15) is 0 Å². The van der Waals surface area contributed by atoms with Crippen molar-refractivity contribution in [1.29, 1.82) is 0 Å². The first kappa shape index (κ1) is 39.6. The Morgan fingerprint density at radius 2 is 0.984 bits per heavy atom. The first-order valence-corrected chi connectivity index (χ1v) is 23.4. The molecule has 3 aliphatic heterocycles. The molecule has 62 heavy (non-hydrogen) atoms. The Hall–Kier alpha value is -5.22. The number of para-hydroxylation sites is 2. The molecule has 6 aromatic rings. The largest absolute Gasteiger partial charge is 0.334 e. The number of fused-ring (bicyclic) bond motifs is 8. The Labute approximate surface area is 372 Å². The molecule has 3 nitrogen and oxygen atoms in total. The first-order chi connectivity index (χ1) is 29.2. The third-order valence-electron chi connectivity index (χ3n) is 16.7. The second kappa shape index (κ2) is 12.7. The van der Waals surface area contributed by atoms with E-state index < -0.39 is 0 Å². The van der Waals surface area contributed by atoms with Crippen molar-refractivity contribution in [1.82, 2.24) is 0 Å². The number of rotatable bonds is 3. The average molecular weight is 814 g/mol. The fraction of sp³-hybridized carbons (Fsp3) is 0.379. The summed E-state index contributed by atoms with van der Waals surface area (Å²) in [6.07, 6.45) is 4.72. The lowest BCUT2D eigenvalue weighted by Crippen LogP contribution is -2.62. The molecular weight excluding hydrogens is 749 g/mol. The van der Waals surface area contributed by atoms with Crippen LogP contribution in [0.5, 0.6) is 0 Å². The first-order valence-electron chi connectivity index (χ1n) is 23.4. The van der Waals surface area contributed by atoms with Gasteiger partial charge in [0.1, 0.15) is 0 Å². The minimum atomic E-state index is -0.0384. The van der Waals surface area contributed by atoms with Crippen LogP contribution >= 0.6 is 0 Å². The van der Waals surface area contributed by atoms with Crippen LogP contribution in [0.4, 0.5) is 45.5 Å². The minimum Gasteiger partial charge on any atom is -0.334 e. The quantitative estimate of drug-likeness (QED) is 0.165. The minimum absolute atomic E-state index is 0.00929. The summed E-state index contributed by atoms with van der Waals surface area (Å²) >= 11 is 0. The summed E-state index contributed by atoms with van der Waals surface area (Å²) in [6, 6.07) is 47.9. The molecule has 0 amide bonds. The molecule has 3 heterocycles. The van der Waals surface area contributed by atoms with E-state index in [1.54, 1.807) is 0 Å². The van der Waals surface area contributed by atoms with Crippen LogP contribution in [0.25, 0.3) is 0 Å². The van der Waals surface area contributed by atoms with E-state index in [0.717, 1.165) is 6.42 Å². The third kappa shape index (κ3) is 5.37. The summed E-state index contributed by atoms with van der Waals surface area (Å²) in [4.78, 5) is 8.01. The topological polar surface area (TPSA) is 9.72 Å². The van der Waals surface area contributed by atoms with Gasteiger partial charge in [-0.3, -0.25) is 0 Å². The molecule has 0 spiro atoms. The molecule has 0 bridgehead atoms. The maximum atomic E-state index is 2.74. The average Bonchev–Trinajstić information content (AvgIpc) is 3.36. The normalized spacial score (nSPS) is 22.5. The van der Waals surface area contributed by atoms with Crippen molar-refractivity contribution in [3.63, 3.8) is 0 Å². The standard InChI is InChI=1S/C58H64BN3/c1-53(2,3)37-22-25-40(26-23-37)60-48-27-24-38(54(4,5)6)32-45(48)59-46-35-43-44(56(9,10)29-28-55(43,7)8)36-49(46)61(39-18-14-13-15-19-39)51-34-41(33-50(60)52(51)59)62-47-21-17-16-20-42(47)57(11)30-31-58(57,62)12/h13-27,32-36H,28-31H2,1-12H3. The summed E-state index contributed by atoms with van der Waals surface area (Å²) in [6.45, 7) is 29.0. The lowest BCUT2D eigenvalue weighted by atomic mass is 9.33. The lowest BCUT2D eigenvalue weighted by Gasteiger charge is -2.56. The van der Waals surface area contributed by atoms with E-state index in [0.29, 0.717) is 0 Å². The maximum Gasteiger partial charge on any atom is 0.252 e. The van der Waals surface area contributed by atoms with E-state index in [-0.39, 0.29) is 39.3 Å². The van der Waals surface area contributed by atoms with Gasteiger partial charge in [-0.05, 0) is 153 Å². The van der Waals surface area contributed by atoms with Crippen molar-refractivity contribution in [3.05, 3.63) is 149 Å². The SMILES string of the molecule is CC(C)(C)c1ccc(N2c3ccc(C(C)(C)C)cc3B3c4cc5c(cc4N(c4ccccc4)c4cc(N6c7ccccc7C7(C)CCC67C)cc2c43)C(C)(C)CCC5(C)C)cc1. The number of benzene rings is 6. The van der Waals surface area contributed by atoms with E-state index >= 15 is 0 Å². The van der Waals surface area contributed by atoms with Gasteiger partial charge in [0, 0.05) is 50.9 Å². The summed E-state index contributed by atoms with van der Waals surface area (Å²) in [5.41, 5.74) is 21.8. The van der Waals surface area contributed by atoms with Gasteiger partial charge in [0.2, 0.25) is 0 Å². The van der Waals surface area contributed by atoms with Crippen LogP contribution < -0.4 is 31.1 Å². The monoisotopic (exact) mass is 814 g/mol. The Morgan fingerprint density at radius 1 is 0.435 bits per heavy atom. The zero-order valence-corrected chi connectivity index (χ0v) is 39.3. The molecule has 4 heteroatoms. The molecular formula is C58H64BN3. The van der Waals surface area contributed by atoms with Gasteiger partial charge in [-0.25, -0.2) is 0 Å². The van der Waals surface area contributed by atoms with Crippen LogP contribution in [0, 0.1) is 0 Å². The van der Waals surface area contributed by atoms with Crippen LogP contribution in [0.3, 0.4) is 0 Å². The molecule has 1 saturated carbocycles. The van der Waals surface area contributed by atoms with E-state index in [1.807, 2.05) is 0 Å². The van der Waals surface area contributed by atoms with Crippen molar-refractivity contribution < 1.29 is 0 Å². The highest BCUT2D eigenvalue weighted by Gasteiger charge is 2.63. The number of hydrogen-bond acceptors (Lipinski definition) is 3.